The molecule has 1 amide bonds. The fourth-order valence-electron chi connectivity index (χ4n) is 3.27. The van der Waals surface area contributed by atoms with E-state index in [4.69, 9.17) is 5.73 Å². The Labute approximate surface area is 176 Å². The highest BCUT2D eigenvalue weighted by atomic mass is 79.9. The van der Waals surface area contributed by atoms with E-state index in [2.05, 4.69) is 21.2 Å². The van der Waals surface area contributed by atoms with Crippen LogP contribution in [0.25, 0.3) is 5.52 Å². The maximum atomic E-state index is 13.2. The standard InChI is InChI=1S/C23H18BrN3O2/c1-14-5-11-17(12-6-14)26-23(29)19-18-4-2-3-13-27(18)21(20(19)25)22(28)15-7-9-16(24)10-8-15/h2-13H,25H2,1H3,(H,26,29). The molecule has 3 N–H and O–H groups in total. The van der Waals surface area contributed by atoms with E-state index in [0.29, 0.717) is 16.8 Å². The summed E-state index contributed by atoms with van der Waals surface area (Å²) >= 11 is 3.37. The summed E-state index contributed by atoms with van der Waals surface area (Å²) in [7, 11) is 0. The molecule has 6 heteroatoms. The van der Waals surface area contributed by atoms with Crippen LogP contribution in [0.1, 0.15) is 32.0 Å². The quantitative estimate of drug-likeness (QED) is 0.428. The Morgan fingerprint density at radius 2 is 1.66 bits per heavy atom. The van der Waals surface area contributed by atoms with Crippen LogP contribution in [0.15, 0.2) is 77.4 Å². The van der Waals surface area contributed by atoms with Gasteiger partial charge in [-0.15, -0.1) is 0 Å². The summed E-state index contributed by atoms with van der Waals surface area (Å²) in [5.74, 6) is -0.601. The molecule has 0 saturated heterocycles. The van der Waals surface area contributed by atoms with Crippen molar-refractivity contribution in [3.05, 3.63) is 99.8 Å². The lowest BCUT2D eigenvalue weighted by molar-refractivity contribution is 0.102. The van der Waals surface area contributed by atoms with Crippen LogP contribution in [-0.4, -0.2) is 16.1 Å². The zero-order chi connectivity index (χ0) is 20.5. The molecule has 0 bridgehead atoms. The number of halogens is 1. The lowest BCUT2D eigenvalue weighted by atomic mass is 10.1. The summed E-state index contributed by atoms with van der Waals surface area (Å²) in [6.07, 6.45) is 1.74. The molecule has 2 aromatic carbocycles. The summed E-state index contributed by atoms with van der Waals surface area (Å²) < 4.78 is 2.55. The SMILES string of the molecule is Cc1ccc(NC(=O)c2c(N)c(C(=O)c3ccc(Br)cc3)n3ccccc23)cc1. The molecule has 5 nitrogen and oxygen atoms in total. The van der Waals surface area contributed by atoms with E-state index < -0.39 is 0 Å². The summed E-state index contributed by atoms with van der Waals surface area (Å²) in [5, 5.41) is 2.87. The van der Waals surface area contributed by atoms with Crippen molar-refractivity contribution in [1.82, 2.24) is 4.40 Å². The topological polar surface area (TPSA) is 76.6 Å². The van der Waals surface area contributed by atoms with Gasteiger partial charge in [-0.3, -0.25) is 9.59 Å². The smallest absolute Gasteiger partial charge is 0.259 e. The van der Waals surface area contributed by atoms with Crippen LogP contribution in [0.4, 0.5) is 11.4 Å². The number of nitrogen functional groups attached to an aromatic ring is 1. The number of fused-ring (bicyclic) bond motifs is 1. The highest BCUT2D eigenvalue weighted by Gasteiger charge is 2.26. The molecule has 0 spiro atoms. The highest BCUT2D eigenvalue weighted by molar-refractivity contribution is 9.10. The maximum Gasteiger partial charge on any atom is 0.259 e. The molecule has 29 heavy (non-hydrogen) atoms. The first-order valence-electron chi connectivity index (χ1n) is 9.02. The maximum absolute atomic E-state index is 13.2. The van der Waals surface area contributed by atoms with Gasteiger partial charge in [-0.05, 0) is 55.5 Å². The molecule has 0 aliphatic carbocycles. The average Bonchev–Trinajstić information content (AvgIpc) is 3.01. The summed E-state index contributed by atoms with van der Waals surface area (Å²) in [6.45, 7) is 1.98. The van der Waals surface area contributed by atoms with Gasteiger partial charge in [-0.1, -0.05) is 39.7 Å². The van der Waals surface area contributed by atoms with Gasteiger partial charge < -0.3 is 15.5 Å². The van der Waals surface area contributed by atoms with Crippen LogP contribution < -0.4 is 11.1 Å². The summed E-state index contributed by atoms with van der Waals surface area (Å²) in [5.41, 5.74) is 9.90. The number of nitrogens with one attached hydrogen (secondary N) is 1. The number of ketones is 1. The molecule has 0 saturated carbocycles. The van der Waals surface area contributed by atoms with Gasteiger partial charge in [0.1, 0.15) is 5.69 Å². The van der Waals surface area contributed by atoms with Gasteiger partial charge in [0.05, 0.1) is 16.8 Å². The second kappa shape index (κ2) is 7.56. The molecular weight excluding hydrogens is 430 g/mol. The number of nitrogens with zero attached hydrogens (tertiary/aromatic N) is 1. The van der Waals surface area contributed by atoms with Gasteiger partial charge >= 0.3 is 0 Å². The van der Waals surface area contributed by atoms with E-state index in [1.165, 1.54) is 0 Å². The van der Waals surface area contributed by atoms with Crippen molar-refractivity contribution in [1.29, 1.82) is 0 Å². The number of amides is 1. The minimum absolute atomic E-state index is 0.161. The molecule has 4 rings (SSSR count). The van der Waals surface area contributed by atoms with E-state index >= 15 is 0 Å². The van der Waals surface area contributed by atoms with Crippen LogP contribution >= 0.6 is 15.9 Å². The Morgan fingerprint density at radius 1 is 0.966 bits per heavy atom. The van der Waals surface area contributed by atoms with Gasteiger partial charge in [0.2, 0.25) is 5.78 Å². The van der Waals surface area contributed by atoms with E-state index in [-0.39, 0.29) is 28.6 Å². The molecule has 0 unspecified atom stereocenters. The first-order chi connectivity index (χ1) is 14.0. The molecule has 144 valence electrons. The molecular formula is C23H18BrN3O2. The minimum atomic E-state index is -0.357. The number of carbonyl (C=O) groups excluding carboxylic acids is 2. The zero-order valence-corrected chi connectivity index (χ0v) is 17.2. The van der Waals surface area contributed by atoms with E-state index in [1.54, 1.807) is 47.0 Å². The van der Waals surface area contributed by atoms with Crippen molar-refractivity contribution < 1.29 is 9.59 Å². The van der Waals surface area contributed by atoms with Crippen molar-refractivity contribution in [3.63, 3.8) is 0 Å². The number of aryl methyl sites for hydroxylation is 1. The number of hydrogen-bond acceptors (Lipinski definition) is 3. The molecule has 0 aliphatic rings. The summed E-state index contributed by atoms with van der Waals surface area (Å²) in [6, 6.07) is 19.9. The van der Waals surface area contributed by atoms with Crippen molar-refractivity contribution in [2.24, 2.45) is 0 Å². The third-order valence-corrected chi connectivity index (χ3v) is 5.27. The number of nitrogens with two attached hydrogens (primary N) is 1. The number of aromatic nitrogens is 1. The Balaban J connectivity index is 1.80. The number of pyridine rings is 1. The first kappa shape index (κ1) is 19.0. The van der Waals surface area contributed by atoms with Gasteiger partial charge in [-0.25, -0.2) is 0 Å². The molecule has 0 atom stereocenters. The Morgan fingerprint density at radius 3 is 2.34 bits per heavy atom. The van der Waals surface area contributed by atoms with E-state index in [0.717, 1.165) is 10.0 Å². The zero-order valence-electron chi connectivity index (χ0n) is 15.6. The van der Waals surface area contributed by atoms with Gasteiger partial charge in [0, 0.05) is 21.9 Å². The molecule has 2 heterocycles. The van der Waals surface area contributed by atoms with Crippen LogP contribution in [0, 0.1) is 6.92 Å². The highest BCUT2D eigenvalue weighted by Crippen LogP contribution is 2.29. The van der Waals surface area contributed by atoms with Gasteiger partial charge in [-0.2, -0.15) is 0 Å². The predicted octanol–water partition coefficient (Wildman–Crippen LogP) is 5.08. The number of carbonyl (C=O) groups is 2. The number of anilines is 2. The van der Waals surface area contributed by atoms with Gasteiger partial charge in [0.15, 0.2) is 0 Å². The third-order valence-electron chi connectivity index (χ3n) is 4.74. The van der Waals surface area contributed by atoms with Crippen molar-refractivity contribution in [2.75, 3.05) is 11.1 Å². The van der Waals surface area contributed by atoms with Crippen LogP contribution in [0.5, 0.6) is 0 Å². The second-order valence-corrected chi connectivity index (χ2v) is 7.67. The third kappa shape index (κ3) is 3.54. The van der Waals surface area contributed by atoms with Gasteiger partial charge in [0.25, 0.3) is 5.91 Å². The van der Waals surface area contributed by atoms with E-state index in [9.17, 15) is 9.59 Å². The number of hydrogen-bond donors (Lipinski definition) is 2. The average molecular weight is 448 g/mol. The van der Waals surface area contributed by atoms with E-state index in [1.807, 2.05) is 37.3 Å². The molecule has 2 aromatic heterocycles. The predicted molar refractivity (Wildman–Crippen MR) is 119 cm³/mol. The largest absolute Gasteiger partial charge is 0.396 e. The fraction of sp³-hybridized carbons (Fsp3) is 0.0435. The molecule has 0 radical (unpaired) electrons. The Hall–Kier alpha value is -3.38. The second-order valence-electron chi connectivity index (χ2n) is 6.75. The number of rotatable bonds is 4. The Kier molecular flexibility index (Phi) is 4.94. The Bertz CT molecular complexity index is 1230. The lowest BCUT2D eigenvalue weighted by Crippen LogP contribution is -2.14. The minimum Gasteiger partial charge on any atom is -0.396 e. The number of benzene rings is 2. The monoisotopic (exact) mass is 447 g/mol. The normalized spacial score (nSPS) is 10.8. The molecule has 0 fully saturated rings. The lowest BCUT2D eigenvalue weighted by Gasteiger charge is -2.06. The fourth-order valence-corrected chi connectivity index (χ4v) is 3.53. The van der Waals surface area contributed by atoms with Crippen molar-refractivity contribution in [2.45, 2.75) is 6.92 Å². The van der Waals surface area contributed by atoms with Crippen molar-refractivity contribution in [3.8, 4) is 0 Å². The first-order valence-corrected chi connectivity index (χ1v) is 9.82. The van der Waals surface area contributed by atoms with Crippen LogP contribution in [0.3, 0.4) is 0 Å². The summed E-state index contributed by atoms with van der Waals surface area (Å²) in [4.78, 5) is 26.2. The molecule has 0 aliphatic heterocycles. The van der Waals surface area contributed by atoms with Crippen LogP contribution in [-0.2, 0) is 0 Å². The molecule has 4 aromatic rings. The van der Waals surface area contributed by atoms with Crippen LogP contribution in [0.2, 0.25) is 0 Å². The van der Waals surface area contributed by atoms with Crippen molar-refractivity contribution >= 4 is 44.5 Å².